The van der Waals surface area contributed by atoms with Crippen LogP contribution in [0, 0.1) is 3.57 Å². The quantitative estimate of drug-likeness (QED) is 0.837. The Morgan fingerprint density at radius 3 is 2.94 bits per heavy atom. The summed E-state index contributed by atoms with van der Waals surface area (Å²) in [6.45, 7) is 0.789. The molecule has 1 fully saturated rings. The molecule has 0 unspecified atom stereocenters. The van der Waals surface area contributed by atoms with Crippen LogP contribution in [0.4, 0.5) is 0 Å². The molecular weight excluding hydrogens is 363 g/mol. The van der Waals surface area contributed by atoms with Crippen molar-refractivity contribution in [3.63, 3.8) is 0 Å². The zero-order valence-electron chi connectivity index (χ0n) is 9.61. The van der Waals surface area contributed by atoms with E-state index in [1.165, 1.54) is 12.8 Å². The van der Waals surface area contributed by atoms with Gasteiger partial charge in [-0.3, -0.25) is 0 Å². The Kier molecular flexibility index (Phi) is 3.54. The molecule has 1 N–H and O–H groups in total. The van der Waals surface area contributed by atoms with Gasteiger partial charge in [0.2, 0.25) is 0 Å². The molecule has 4 nitrogen and oxygen atoms in total. The summed E-state index contributed by atoms with van der Waals surface area (Å²) >= 11 is 8.39. The SMILES string of the molecule is Clc1cnc(-n2cc(I)cn2)cc1CNC1CC1. The maximum Gasteiger partial charge on any atom is 0.153 e. The van der Waals surface area contributed by atoms with E-state index in [9.17, 15) is 0 Å². The molecule has 1 saturated carbocycles. The molecule has 0 radical (unpaired) electrons. The Balaban J connectivity index is 1.84. The molecule has 18 heavy (non-hydrogen) atoms. The first kappa shape index (κ1) is 12.4. The van der Waals surface area contributed by atoms with Crippen LogP contribution in [0.1, 0.15) is 18.4 Å². The third kappa shape index (κ3) is 2.84. The highest BCUT2D eigenvalue weighted by Crippen LogP contribution is 2.22. The Bertz CT molecular complexity index is 565. The number of hydrogen-bond acceptors (Lipinski definition) is 3. The minimum absolute atomic E-state index is 0.670. The van der Waals surface area contributed by atoms with Crippen molar-refractivity contribution < 1.29 is 0 Å². The van der Waals surface area contributed by atoms with Crippen LogP contribution in [0.5, 0.6) is 0 Å². The summed E-state index contributed by atoms with van der Waals surface area (Å²) in [6.07, 6.45) is 7.98. The van der Waals surface area contributed by atoms with Gasteiger partial charge in [-0.1, -0.05) is 11.6 Å². The molecule has 0 spiro atoms. The molecule has 0 bridgehead atoms. The van der Waals surface area contributed by atoms with Crippen LogP contribution in [0.2, 0.25) is 5.02 Å². The number of aromatic nitrogens is 3. The fourth-order valence-electron chi connectivity index (χ4n) is 1.70. The number of nitrogens with one attached hydrogen (secondary N) is 1. The van der Waals surface area contributed by atoms with Crippen LogP contribution in [-0.2, 0) is 6.54 Å². The average Bonchev–Trinajstić information content (AvgIpc) is 3.09. The van der Waals surface area contributed by atoms with Gasteiger partial charge in [-0.2, -0.15) is 5.10 Å². The lowest BCUT2D eigenvalue weighted by Gasteiger charge is -2.07. The van der Waals surface area contributed by atoms with Crippen LogP contribution in [-0.4, -0.2) is 20.8 Å². The summed E-state index contributed by atoms with van der Waals surface area (Å²) in [7, 11) is 0. The normalized spacial score (nSPS) is 15.0. The number of hydrogen-bond donors (Lipinski definition) is 1. The monoisotopic (exact) mass is 374 g/mol. The van der Waals surface area contributed by atoms with E-state index < -0.39 is 0 Å². The smallest absolute Gasteiger partial charge is 0.153 e. The second-order valence-corrected chi connectivity index (χ2v) is 6.05. The van der Waals surface area contributed by atoms with Crippen LogP contribution < -0.4 is 5.32 Å². The molecule has 0 aliphatic heterocycles. The molecule has 94 valence electrons. The summed E-state index contributed by atoms with van der Waals surface area (Å²) in [5, 5.41) is 8.40. The van der Waals surface area contributed by atoms with Crippen molar-refractivity contribution in [1.82, 2.24) is 20.1 Å². The van der Waals surface area contributed by atoms with Crippen molar-refractivity contribution in [2.24, 2.45) is 0 Å². The van der Waals surface area contributed by atoms with E-state index >= 15 is 0 Å². The summed E-state index contributed by atoms with van der Waals surface area (Å²) in [6, 6.07) is 2.66. The maximum absolute atomic E-state index is 6.16. The summed E-state index contributed by atoms with van der Waals surface area (Å²) in [5.41, 5.74) is 1.07. The molecule has 1 aliphatic carbocycles. The molecule has 0 saturated heterocycles. The van der Waals surface area contributed by atoms with Crippen LogP contribution in [0.25, 0.3) is 5.82 Å². The van der Waals surface area contributed by atoms with Crippen molar-refractivity contribution >= 4 is 34.2 Å². The first-order valence-electron chi connectivity index (χ1n) is 5.81. The second kappa shape index (κ2) is 5.14. The van der Waals surface area contributed by atoms with E-state index in [0.717, 1.165) is 21.5 Å². The van der Waals surface area contributed by atoms with Gasteiger partial charge in [0.05, 0.1) is 14.8 Å². The molecule has 0 amide bonds. The molecule has 2 aromatic rings. The zero-order chi connectivity index (χ0) is 12.5. The first-order chi connectivity index (χ1) is 8.72. The fourth-order valence-corrected chi connectivity index (χ4v) is 2.25. The van der Waals surface area contributed by atoms with Gasteiger partial charge in [0.15, 0.2) is 5.82 Å². The van der Waals surface area contributed by atoms with Gasteiger partial charge < -0.3 is 5.32 Å². The lowest BCUT2D eigenvalue weighted by atomic mass is 10.2. The highest BCUT2D eigenvalue weighted by atomic mass is 127. The van der Waals surface area contributed by atoms with Gasteiger partial charge in [0.25, 0.3) is 0 Å². The molecule has 2 heterocycles. The molecule has 0 atom stereocenters. The van der Waals surface area contributed by atoms with Crippen molar-refractivity contribution in [2.75, 3.05) is 0 Å². The van der Waals surface area contributed by atoms with Crippen LogP contribution in [0.15, 0.2) is 24.7 Å². The predicted octanol–water partition coefficient (Wildman–Crippen LogP) is 2.78. The topological polar surface area (TPSA) is 42.7 Å². The molecule has 1 aliphatic rings. The largest absolute Gasteiger partial charge is 0.310 e. The van der Waals surface area contributed by atoms with Crippen molar-refractivity contribution in [2.45, 2.75) is 25.4 Å². The van der Waals surface area contributed by atoms with Gasteiger partial charge in [-0.25, -0.2) is 9.67 Å². The third-order valence-electron chi connectivity index (χ3n) is 2.86. The van der Waals surface area contributed by atoms with Gasteiger partial charge in [0, 0.05) is 25.0 Å². The van der Waals surface area contributed by atoms with Crippen LogP contribution in [0.3, 0.4) is 0 Å². The summed E-state index contributed by atoms with van der Waals surface area (Å²) in [5.74, 6) is 0.801. The van der Waals surface area contributed by atoms with Crippen LogP contribution >= 0.6 is 34.2 Å². The van der Waals surface area contributed by atoms with E-state index in [2.05, 4.69) is 38.0 Å². The molecule has 0 aromatic carbocycles. The lowest BCUT2D eigenvalue weighted by Crippen LogP contribution is -2.16. The van der Waals surface area contributed by atoms with Gasteiger partial charge in [-0.05, 0) is 47.1 Å². The summed E-state index contributed by atoms with van der Waals surface area (Å²) < 4.78 is 2.85. The van der Waals surface area contributed by atoms with Gasteiger partial charge in [-0.15, -0.1) is 0 Å². The second-order valence-electron chi connectivity index (χ2n) is 4.39. The number of halogens is 2. The van der Waals surface area contributed by atoms with E-state index in [0.29, 0.717) is 11.1 Å². The van der Waals surface area contributed by atoms with E-state index in [-0.39, 0.29) is 0 Å². The molecule has 2 aromatic heterocycles. The number of pyridine rings is 1. The Morgan fingerprint density at radius 2 is 2.28 bits per heavy atom. The number of rotatable bonds is 4. The van der Waals surface area contributed by atoms with E-state index in [4.69, 9.17) is 11.6 Å². The average molecular weight is 375 g/mol. The van der Waals surface area contributed by atoms with Gasteiger partial charge >= 0.3 is 0 Å². The van der Waals surface area contributed by atoms with E-state index in [1.54, 1.807) is 17.1 Å². The van der Waals surface area contributed by atoms with Crippen molar-refractivity contribution in [3.05, 3.63) is 38.8 Å². The Morgan fingerprint density at radius 1 is 1.44 bits per heavy atom. The predicted molar refractivity (Wildman–Crippen MR) is 78.9 cm³/mol. The first-order valence-corrected chi connectivity index (χ1v) is 7.26. The zero-order valence-corrected chi connectivity index (χ0v) is 12.5. The molecular formula is C12H12ClIN4. The molecule has 3 rings (SSSR count). The highest BCUT2D eigenvalue weighted by molar-refractivity contribution is 14.1. The van der Waals surface area contributed by atoms with Crippen molar-refractivity contribution in [3.8, 4) is 5.82 Å². The standard InChI is InChI=1S/C12H12ClIN4/c13-11-6-16-12(18-7-9(14)5-17-18)3-8(11)4-15-10-1-2-10/h3,5-7,10,15H,1-2,4H2. The number of nitrogens with zero attached hydrogens (tertiary/aromatic N) is 3. The fraction of sp³-hybridized carbons (Fsp3) is 0.333. The highest BCUT2D eigenvalue weighted by Gasteiger charge is 2.20. The minimum Gasteiger partial charge on any atom is -0.310 e. The van der Waals surface area contributed by atoms with Gasteiger partial charge in [0.1, 0.15) is 0 Å². The summed E-state index contributed by atoms with van der Waals surface area (Å²) in [4.78, 5) is 4.30. The lowest BCUT2D eigenvalue weighted by molar-refractivity contribution is 0.685. The maximum atomic E-state index is 6.16. The van der Waals surface area contributed by atoms with Crippen molar-refractivity contribution in [1.29, 1.82) is 0 Å². The van der Waals surface area contributed by atoms with E-state index in [1.807, 2.05) is 12.3 Å². The molecule has 6 heteroatoms. The minimum atomic E-state index is 0.670. The third-order valence-corrected chi connectivity index (χ3v) is 3.76. The Labute approximate surface area is 124 Å². The Hall–Kier alpha value is -0.660.